The molecule has 1 aliphatic carbocycles. The minimum atomic E-state index is -3.88. The second-order valence-electron chi connectivity index (χ2n) is 9.64. The van der Waals surface area contributed by atoms with Crippen LogP contribution in [0.4, 0.5) is 5.69 Å². The summed E-state index contributed by atoms with van der Waals surface area (Å²) in [7, 11) is -3.88. The fourth-order valence-corrected chi connectivity index (χ4v) is 6.37. The highest BCUT2D eigenvalue weighted by molar-refractivity contribution is 7.92. The summed E-state index contributed by atoms with van der Waals surface area (Å²) in [6.07, 6.45) is 6.36. The number of hydrogen-bond donors (Lipinski definition) is 1. The smallest absolute Gasteiger partial charge is 0.244 e. The van der Waals surface area contributed by atoms with Crippen molar-refractivity contribution in [1.29, 1.82) is 0 Å². The maximum absolute atomic E-state index is 13.9. The van der Waals surface area contributed by atoms with Crippen molar-refractivity contribution in [3.63, 3.8) is 0 Å². The molecule has 3 rings (SSSR count). The first-order valence-corrected chi connectivity index (χ1v) is 15.7. The first kappa shape index (κ1) is 30.5. The number of carbonyl (C=O) groups is 2. The lowest BCUT2D eigenvalue weighted by atomic mass is 9.95. The van der Waals surface area contributed by atoms with Gasteiger partial charge in [-0.15, -0.1) is 0 Å². The van der Waals surface area contributed by atoms with Crippen LogP contribution in [-0.4, -0.2) is 50.0 Å². The van der Waals surface area contributed by atoms with Gasteiger partial charge in [0, 0.05) is 33.2 Å². The van der Waals surface area contributed by atoms with Crippen molar-refractivity contribution >= 4 is 62.3 Å². The third kappa shape index (κ3) is 7.56. The van der Waals surface area contributed by atoms with Crippen LogP contribution in [0.1, 0.15) is 56.6 Å². The first-order chi connectivity index (χ1) is 17.9. The summed E-state index contributed by atoms with van der Waals surface area (Å²) < 4.78 is 26.7. The molecule has 0 spiro atoms. The number of amides is 2. The van der Waals surface area contributed by atoms with E-state index < -0.39 is 28.5 Å². The quantitative estimate of drug-likeness (QED) is 0.363. The molecule has 11 heteroatoms. The van der Waals surface area contributed by atoms with Crippen molar-refractivity contribution in [2.45, 2.75) is 71.0 Å². The molecule has 38 heavy (non-hydrogen) atoms. The minimum Gasteiger partial charge on any atom is -0.352 e. The van der Waals surface area contributed by atoms with Crippen molar-refractivity contribution < 1.29 is 18.0 Å². The van der Waals surface area contributed by atoms with Crippen LogP contribution in [0.2, 0.25) is 15.1 Å². The number of hydrogen-bond acceptors (Lipinski definition) is 4. The maximum Gasteiger partial charge on any atom is 0.244 e. The summed E-state index contributed by atoms with van der Waals surface area (Å²) in [6.45, 7) is 2.93. The minimum absolute atomic E-state index is 0.0489. The number of anilines is 1. The van der Waals surface area contributed by atoms with Gasteiger partial charge in [-0.2, -0.15) is 0 Å². The number of benzene rings is 2. The van der Waals surface area contributed by atoms with Gasteiger partial charge in [-0.3, -0.25) is 13.9 Å². The molecule has 1 atom stereocenters. The molecule has 0 bridgehead atoms. The van der Waals surface area contributed by atoms with E-state index in [0.717, 1.165) is 42.7 Å². The molecule has 0 radical (unpaired) electrons. The molecule has 0 saturated heterocycles. The van der Waals surface area contributed by atoms with Crippen LogP contribution >= 0.6 is 34.8 Å². The number of nitrogens with zero attached hydrogens (tertiary/aromatic N) is 2. The lowest BCUT2D eigenvalue weighted by Gasteiger charge is -2.34. The Hall–Kier alpha value is -2.00. The van der Waals surface area contributed by atoms with Gasteiger partial charge in [0.1, 0.15) is 12.6 Å². The first-order valence-electron chi connectivity index (χ1n) is 12.7. The van der Waals surface area contributed by atoms with E-state index in [1.54, 1.807) is 43.3 Å². The standard InChI is InChI=1S/C27H34Cl3N3O4S/c1-4-24(27(35)31-19-10-6-5-7-11-19)32(16-20-22(29)13-8-14-23(20)30)26(34)17-33(38(3,36)37)25-15-9-12-21(28)18(25)2/h8-9,12-15,19,24H,4-7,10-11,16-17H2,1-3H3,(H,31,35)/t24-/m0/s1. The Bertz CT molecular complexity index is 1250. The molecule has 0 aromatic heterocycles. The molecule has 1 saturated carbocycles. The number of carbonyl (C=O) groups excluding carboxylic acids is 2. The predicted molar refractivity (Wildman–Crippen MR) is 154 cm³/mol. The topological polar surface area (TPSA) is 86.8 Å². The normalized spacial score (nSPS) is 15.1. The van der Waals surface area contributed by atoms with Gasteiger partial charge in [0.2, 0.25) is 21.8 Å². The van der Waals surface area contributed by atoms with Crippen LogP contribution in [0, 0.1) is 6.92 Å². The van der Waals surface area contributed by atoms with E-state index in [2.05, 4.69) is 5.32 Å². The summed E-state index contributed by atoms with van der Waals surface area (Å²) in [5, 5.41) is 4.18. The molecule has 2 aromatic carbocycles. The Morgan fingerprint density at radius 3 is 2.16 bits per heavy atom. The SMILES string of the molecule is CC[C@@H](C(=O)NC1CCCCC1)N(Cc1c(Cl)cccc1Cl)C(=O)CN(c1cccc(Cl)c1C)S(C)(=O)=O. The summed E-state index contributed by atoms with van der Waals surface area (Å²) in [6, 6.07) is 9.09. The third-order valence-corrected chi connectivity index (χ3v) is 9.16. The molecule has 208 valence electrons. The number of nitrogens with one attached hydrogen (secondary N) is 1. The van der Waals surface area contributed by atoms with E-state index in [4.69, 9.17) is 34.8 Å². The number of sulfonamides is 1. The van der Waals surface area contributed by atoms with Gasteiger partial charge in [0.15, 0.2) is 0 Å². The van der Waals surface area contributed by atoms with Crippen LogP contribution in [0.5, 0.6) is 0 Å². The van der Waals surface area contributed by atoms with Crippen LogP contribution in [0.3, 0.4) is 0 Å². The summed E-state index contributed by atoms with van der Waals surface area (Å²) in [5.41, 5.74) is 1.30. The van der Waals surface area contributed by atoms with Crippen molar-refractivity contribution in [1.82, 2.24) is 10.2 Å². The molecule has 0 aliphatic heterocycles. The van der Waals surface area contributed by atoms with E-state index in [0.29, 0.717) is 38.3 Å². The fourth-order valence-electron chi connectivity index (χ4n) is 4.78. The summed E-state index contributed by atoms with van der Waals surface area (Å²) in [4.78, 5) is 28.8. The van der Waals surface area contributed by atoms with Gasteiger partial charge >= 0.3 is 0 Å². The second-order valence-corrected chi connectivity index (χ2v) is 12.8. The number of halogens is 3. The summed E-state index contributed by atoms with van der Waals surface area (Å²) >= 11 is 19.1. The average molecular weight is 603 g/mol. The Labute approximate surface area is 240 Å². The monoisotopic (exact) mass is 601 g/mol. The van der Waals surface area contributed by atoms with E-state index in [1.807, 2.05) is 6.92 Å². The highest BCUT2D eigenvalue weighted by Gasteiger charge is 2.34. The zero-order valence-corrected chi connectivity index (χ0v) is 24.9. The molecule has 0 heterocycles. The molecule has 2 amide bonds. The Kier molecular flexibility index (Phi) is 10.7. The molecule has 1 aliphatic rings. The van der Waals surface area contributed by atoms with Gasteiger partial charge in [0.05, 0.1) is 11.9 Å². The average Bonchev–Trinajstić information content (AvgIpc) is 2.86. The molecule has 1 fully saturated rings. The van der Waals surface area contributed by atoms with Crippen molar-refractivity contribution in [2.75, 3.05) is 17.1 Å². The van der Waals surface area contributed by atoms with Gasteiger partial charge in [0.25, 0.3) is 0 Å². The lowest BCUT2D eigenvalue weighted by Crippen LogP contribution is -2.54. The van der Waals surface area contributed by atoms with E-state index in [1.165, 1.54) is 4.90 Å². The molecule has 2 aromatic rings. The molecule has 1 N–H and O–H groups in total. The Morgan fingerprint density at radius 1 is 1.00 bits per heavy atom. The number of rotatable bonds is 10. The Morgan fingerprint density at radius 2 is 1.58 bits per heavy atom. The highest BCUT2D eigenvalue weighted by Crippen LogP contribution is 2.30. The highest BCUT2D eigenvalue weighted by atomic mass is 35.5. The van der Waals surface area contributed by atoms with E-state index in [-0.39, 0.29) is 18.5 Å². The molecule has 7 nitrogen and oxygen atoms in total. The largest absolute Gasteiger partial charge is 0.352 e. The maximum atomic E-state index is 13.9. The molecular formula is C27H34Cl3N3O4S. The Balaban J connectivity index is 1.99. The van der Waals surface area contributed by atoms with Crippen LogP contribution in [0.25, 0.3) is 0 Å². The predicted octanol–water partition coefficient (Wildman–Crippen LogP) is 5.98. The van der Waals surface area contributed by atoms with Gasteiger partial charge in [-0.25, -0.2) is 8.42 Å². The zero-order valence-electron chi connectivity index (χ0n) is 21.8. The van der Waals surface area contributed by atoms with Crippen molar-refractivity contribution in [2.24, 2.45) is 0 Å². The summed E-state index contributed by atoms with van der Waals surface area (Å²) in [5.74, 6) is -0.836. The van der Waals surface area contributed by atoms with Gasteiger partial charge in [-0.1, -0.05) is 73.1 Å². The third-order valence-electron chi connectivity index (χ3n) is 6.91. The lowest BCUT2D eigenvalue weighted by molar-refractivity contribution is -0.140. The molecular weight excluding hydrogens is 569 g/mol. The van der Waals surface area contributed by atoms with Crippen LogP contribution < -0.4 is 9.62 Å². The van der Waals surface area contributed by atoms with Crippen LogP contribution in [0.15, 0.2) is 36.4 Å². The van der Waals surface area contributed by atoms with E-state index >= 15 is 0 Å². The van der Waals surface area contributed by atoms with Gasteiger partial charge < -0.3 is 10.2 Å². The fraction of sp³-hybridized carbons (Fsp3) is 0.481. The van der Waals surface area contributed by atoms with E-state index in [9.17, 15) is 18.0 Å². The molecule has 0 unspecified atom stereocenters. The van der Waals surface area contributed by atoms with Gasteiger partial charge in [-0.05, 0) is 56.0 Å². The van der Waals surface area contributed by atoms with Crippen molar-refractivity contribution in [3.8, 4) is 0 Å². The van der Waals surface area contributed by atoms with Crippen LogP contribution in [-0.2, 0) is 26.2 Å². The van der Waals surface area contributed by atoms with Crippen molar-refractivity contribution in [3.05, 3.63) is 62.6 Å². The zero-order chi connectivity index (χ0) is 28.0. The second kappa shape index (κ2) is 13.4.